The minimum Gasteiger partial charge on any atom is -0.316 e. The Morgan fingerprint density at radius 2 is 1.70 bits per heavy atom. The van der Waals surface area contributed by atoms with Crippen molar-refractivity contribution in [2.24, 2.45) is 5.10 Å². The van der Waals surface area contributed by atoms with Gasteiger partial charge in [0.25, 0.3) is 5.91 Å². The minimum atomic E-state index is -0.107. The molecule has 0 atom stereocenters. The highest BCUT2D eigenvalue weighted by Crippen LogP contribution is 2.27. The summed E-state index contributed by atoms with van der Waals surface area (Å²) in [7, 11) is 0. The largest absolute Gasteiger partial charge is 0.316 e. The van der Waals surface area contributed by atoms with E-state index in [1.54, 1.807) is 6.20 Å². The lowest BCUT2D eigenvalue weighted by Crippen LogP contribution is -2.21. The number of amides is 1. The maximum absolute atomic E-state index is 12.9. The van der Waals surface area contributed by atoms with Crippen LogP contribution in [0.2, 0.25) is 0 Å². The minimum absolute atomic E-state index is 0.107. The van der Waals surface area contributed by atoms with Gasteiger partial charge in [-0.3, -0.25) is 9.78 Å². The van der Waals surface area contributed by atoms with Gasteiger partial charge in [0.15, 0.2) is 0 Å². The SMILES string of the molecule is CC1=NN(c2ccccc2)C(=O)/C1=C/c1cc(C)n(-c2cccnc2)c1C. The number of rotatable bonds is 3. The predicted molar refractivity (Wildman–Crippen MR) is 108 cm³/mol. The van der Waals surface area contributed by atoms with Crippen LogP contribution in [0.1, 0.15) is 23.9 Å². The summed E-state index contributed by atoms with van der Waals surface area (Å²) in [5.74, 6) is -0.107. The predicted octanol–water partition coefficient (Wildman–Crippen LogP) is 4.30. The van der Waals surface area contributed by atoms with Crippen LogP contribution < -0.4 is 5.01 Å². The summed E-state index contributed by atoms with van der Waals surface area (Å²) in [5, 5.41) is 5.91. The van der Waals surface area contributed by atoms with Gasteiger partial charge >= 0.3 is 0 Å². The second kappa shape index (κ2) is 6.68. The zero-order valence-corrected chi connectivity index (χ0v) is 15.5. The van der Waals surface area contributed by atoms with E-state index >= 15 is 0 Å². The number of anilines is 1. The molecule has 4 rings (SSSR count). The Morgan fingerprint density at radius 1 is 0.963 bits per heavy atom. The van der Waals surface area contributed by atoms with E-state index in [2.05, 4.69) is 27.6 Å². The summed E-state index contributed by atoms with van der Waals surface area (Å²) >= 11 is 0. The third-order valence-corrected chi connectivity index (χ3v) is 4.74. The van der Waals surface area contributed by atoms with E-state index in [0.717, 1.165) is 34.0 Å². The van der Waals surface area contributed by atoms with Crippen molar-refractivity contribution in [1.82, 2.24) is 9.55 Å². The average molecular weight is 356 g/mol. The van der Waals surface area contributed by atoms with E-state index in [1.165, 1.54) is 5.01 Å². The topological polar surface area (TPSA) is 50.5 Å². The molecule has 0 aliphatic carbocycles. The fourth-order valence-electron chi connectivity index (χ4n) is 3.40. The Kier molecular flexibility index (Phi) is 4.20. The summed E-state index contributed by atoms with van der Waals surface area (Å²) in [6.45, 7) is 5.97. The molecule has 0 unspecified atom stereocenters. The van der Waals surface area contributed by atoms with Crippen LogP contribution in [0.4, 0.5) is 5.69 Å². The quantitative estimate of drug-likeness (QED) is 0.657. The fraction of sp³-hybridized carbons (Fsp3) is 0.136. The smallest absolute Gasteiger partial charge is 0.280 e. The third kappa shape index (κ3) is 2.97. The molecule has 5 heteroatoms. The Bertz CT molecular complexity index is 1060. The van der Waals surface area contributed by atoms with E-state index < -0.39 is 0 Å². The van der Waals surface area contributed by atoms with Crippen molar-refractivity contribution in [3.8, 4) is 5.69 Å². The zero-order valence-electron chi connectivity index (χ0n) is 15.5. The molecule has 1 amide bonds. The van der Waals surface area contributed by atoms with E-state index in [-0.39, 0.29) is 5.91 Å². The van der Waals surface area contributed by atoms with Crippen LogP contribution in [-0.4, -0.2) is 21.2 Å². The van der Waals surface area contributed by atoms with Gasteiger partial charge in [0.1, 0.15) is 0 Å². The van der Waals surface area contributed by atoms with Crippen LogP contribution in [0, 0.1) is 13.8 Å². The molecule has 0 radical (unpaired) electrons. The molecule has 3 aromatic rings. The maximum atomic E-state index is 12.9. The highest BCUT2D eigenvalue weighted by molar-refractivity contribution is 6.32. The molecule has 0 spiro atoms. The molecule has 0 saturated carbocycles. The molecule has 0 saturated heterocycles. The number of hydrazone groups is 1. The van der Waals surface area contributed by atoms with Gasteiger partial charge < -0.3 is 4.57 Å². The van der Waals surface area contributed by atoms with E-state index in [1.807, 2.05) is 68.6 Å². The number of carbonyl (C=O) groups excluding carboxylic acids is 1. The molecule has 0 fully saturated rings. The maximum Gasteiger partial charge on any atom is 0.280 e. The van der Waals surface area contributed by atoms with Crippen molar-refractivity contribution in [3.63, 3.8) is 0 Å². The van der Waals surface area contributed by atoms with Crippen molar-refractivity contribution in [3.05, 3.63) is 83.4 Å². The summed E-state index contributed by atoms with van der Waals surface area (Å²) < 4.78 is 2.14. The summed E-state index contributed by atoms with van der Waals surface area (Å²) in [6.07, 6.45) is 5.52. The number of benzene rings is 1. The lowest BCUT2D eigenvalue weighted by Gasteiger charge is -2.11. The number of nitrogens with zero attached hydrogens (tertiary/aromatic N) is 4. The number of para-hydroxylation sites is 1. The van der Waals surface area contributed by atoms with Crippen molar-refractivity contribution in [2.45, 2.75) is 20.8 Å². The highest BCUT2D eigenvalue weighted by atomic mass is 16.2. The molecular formula is C22H20N4O. The number of hydrogen-bond acceptors (Lipinski definition) is 3. The number of carbonyl (C=O) groups is 1. The molecule has 27 heavy (non-hydrogen) atoms. The zero-order chi connectivity index (χ0) is 19.0. The van der Waals surface area contributed by atoms with Crippen LogP contribution in [0.3, 0.4) is 0 Å². The average Bonchev–Trinajstić information content (AvgIpc) is 3.13. The van der Waals surface area contributed by atoms with E-state index in [9.17, 15) is 4.79 Å². The number of aryl methyl sites for hydroxylation is 1. The number of aromatic nitrogens is 2. The van der Waals surface area contributed by atoms with E-state index in [4.69, 9.17) is 0 Å². The summed E-state index contributed by atoms with van der Waals surface area (Å²) in [5.41, 5.74) is 6.26. The second-order valence-corrected chi connectivity index (χ2v) is 6.57. The molecule has 0 N–H and O–H groups in total. The van der Waals surface area contributed by atoms with Crippen molar-refractivity contribution in [1.29, 1.82) is 0 Å². The van der Waals surface area contributed by atoms with Crippen LogP contribution in [0.15, 0.2) is 71.6 Å². The van der Waals surface area contributed by atoms with Gasteiger partial charge in [0, 0.05) is 17.6 Å². The van der Waals surface area contributed by atoms with Crippen molar-refractivity contribution >= 4 is 23.4 Å². The van der Waals surface area contributed by atoms with Crippen LogP contribution in [0.5, 0.6) is 0 Å². The molecule has 1 aromatic carbocycles. The number of pyridine rings is 1. The Hall–Kier alpha value is -3.47. The molecule has 134 valence electrons. The van der Waals surface area contributed by atoms with Crippen molar-refractivity contribution in [2.75, 3.05) is 5.01 Å². The van der Waals surface area contributed by atoms with E-state index in [0.29, 0.717) is 5.57 Å². The third-order valence-electron chi connectivity index (χ3n) is 4.74. The normalized spacial score (nSPS) is 15.5. The fourth-order valence-corrected chi connectivity index (χ4v) is 3.40. The standard InChI is InChI=1S/C22H20N4O/c1-15-12-18(17(3)25(15)20-10-7-11-23-14-20)13-21-16(2)24-26(22(21)27)19-8-5-4-6-9-19/h4-14H,1-3H3/b21-13+. The molecule has 3 heterocycles. The first-order chi connectivity index (χ1) is 13.1. The number of hydrogen-bond donors (Lipinski definition) is 0. The molecule has 1 aliphatic rings. The Morgan fingerprint density at radius 3 is 2.41 bits per heavy atom. The van der Waals surface area contributed by atoms with Crippen LogP contribution in [0.25, 0.3) is 11.8 Å². The van der Waals surface area contributed by atoms with Crippen LogP contribution >= 0.6 is 0 Å². The summed E-state index contributed by atoms with van der Waals surface area (Å²) in [6, 6.07) is 15.5. The Balaban J connectivity index is 1.73. The summed E-state index contributed by atoms with van der Waals surface area (Å²) in [4.78, 5) is 17.1. The highest BCUT2D eigenvalue weighted by Gasteiger charge is 2.29. The van der Waals surface area contributed by atoms with Crippen molar-refractivity contribution < 1.29 is 4.79 Å². The van der Waals surface area contributed by atoms with Gasteiger partial charge in [0.2, 0.25) is 0 Å². The first kappa shape index (κ1) is 17.0. The lowest BCUT2D eigenvalue weighted by atomic mass is 10.1. The van der Waals surface area contributed by atoms with Gasteiger partial charge in [-0.2, -0.15) is 10.1 Å². The lowest BCUT2D eigenvalue weighted by molar-refractivity contribution is -0.114. The molecule has 2 aromatic heterocycles. The van der Waals surface area contributed by atoms with Gasteiger partial charge in [-0.1, -0.05) is 18.2 Å². The van der Waals surface area contributed by atoms with Gasteiger partial charge in [-0.05, 0) is 62.7 Å². The molecule has 1 aliphatic heterocycles. The first-order valence-corrected chi connectivity index (χ1v) is 8.82. The van der Waals surface area contributed by atoms with Gasteiger partial charge in [-0.25, -0.2) is 0 Å². The first-order valence-electron chi connectivity index (χ1n) is 8.82. The molecule has 0 bridgehead atoms. The van der Waals surface area contributed by atoms with Crippen LogP contribution in [-0.2, 0) is 4.79 Å². The molecular weight excluding hydrogens is 336 g/mol. The molecule has 5 nitrogen and oxygen atoms in total. The second-order valence-electron chi connectivity index (χ2n) is 6.57. The Labute approximate surface area is 158 Å². The van der Waals surface area contributed by atoms with Gasteiger partial charge in [0.05, 0.1) is 28.9 Å². The van der Waals surface area contributed by atoms with Gasteiger partial charge in [-0.15, -0.1) is 0 Å². The monoisotopic (exact) mass is 356 g/mol.